The van der Waals surface area contributed by atoms with Gasteiger partial charge in [-0.15, -0.1) is 0 Å². The van der Waals surface area contributed by atoms with E-state index >= 15 is 0 Å². The van der Waals surface area contributed by atoms with Crippen LogP contribution in [0.5, 0.6) is 0 Å². The van der Waals surface area contributed by atoms with Crippen LogP contribution in [0, 0.1) is 12.7 Å². The van der Waals surface area contributed by atoms with Gasteiger partial charge in [0.1, 0.15) is 5.82 Å². The smallest absolute Gasteiger partial charge is 0.166 e. The molecule has 0 amide bonds. The van der Waals surface area contributed by atoms with Crippen molar-refractivity contribution >= 4 is 23.0 Å². The Kier molecular flexibility index (Phi) is 4.21. The fourth-order valence-corrected chi connectivity index (χ4v) is 4.35. The molecule has 29 heavy (non-hydrogen) atoms. The fraction of sp³-hybridized carbons (Fsp3) is 0.174. The van der Waals surface area contributed by atoms with E-state index in [1.165, 1.54) is 12.1 Å². The lowest BCUT2D eigenvalue weighted by Crippen LogP contribution is -2.22. The SMILES string of the molecule is Cc1nn2c3c(cnc2c1-c1ccc(F)cc1)C(=O)C[C@H](c1cccc(Cl)c1)C3. The van der Waals surface area contributed by atoms with Crippen molar-refractivity contribution in [1.29, 1.82) is 0 Å². The first-order valence-electron chi connectivity index (χ1n) is 9.43. The quantitative estimate of drug-likeness (QED) is 0.448. The number of hydrogen-bond donors (Lipinski definition) is 0. The van der Waals surface area contributed by atoms with Gasteiger partial charge in [0.15, 0.2) is 11.4 Å². The van der Waals surface area contributed by atoms with Crippen molar-refractivity contribution in [3.63, 3.8) is 0 Å². The van der Waals surface area contributed by atoms with Crippen LogP contribution in [0.4, 0.5) is 4.39 Å². The highest BCUT2D eigenvalue weighted by molar-refractivity contribution is 6.30. The number of rotatable bonds is 2. The minimum Gasteiger partial charge on any atom is -0.294 e. The van der Waals surface area contributed by atoms with Crippen molar-refractivity contribution in [1.82, 2.24) is 14.6 Å². The molecular weight excluding hydrogens is 389 g/mol. The van der Waals surface area contributed by atoms with E-state index in [4.69, 9.17) is 11.6 Å². The number of nitrogens with zero attached hydrogens (tertiary/aromatic N) is 3. The van der Waals surface area contributed by atoms with Crippen LogP contribution in [0.25, 0.3) is 16.8 Å². The first kappa shape index (κ1) is 18.0. The number of carbonyl (C=O) groups excluding carboxylic acids is 1. The van der Waals surface area contributed by atoms with Gasteiger partial charge in [-0.3, -0.25) is 4.79 Å². The van der Waals surface area contributed by atoms with Gasteiger partial charge in [-0.25, -0.2) is 13.9 Å². The zero-order valence-electron chi connectivity index (χ0n) is 15.7. The molecule has 0 fully saturated rings. The molecule has 0 radical (unpaired) electrons. The summed E-state index contributed by atoms with van der Waals surface area (Å²) in [7, 11) is 0. The van der Waals surface area contributed by atoms with E-state index in [-0.39, 0.29) is 17.5 Å². The Labute approximate surface area is 172 Å². The first-order valence-corrected chi connectivity index (χ1v) is 9.81. The van der Waals surface area contributed by atoms with Crippen molar-refractivity contribution in [2.24, 2.45) is 0 Å². The molecule has 1 aliphatic rings. The minimum absolute atomic E-state index is 0.0399. The summed E-state index contributed by atoms with van der Waals surface area (Å²) in [6.45, 7) is 1.90. The maximum Gasteiger partial charge on any atom is 0.166 e. The molecule has 2 aromatic carbocycles. The highest BCUT2D eigenvalue weighted by Crippen LogP contribution is 2.35. The molecule has 0 N–H and O–H groups in total. The van der Waals surface area contributed by atoms with Gasteiger partial charge in [-0.05, 0) is 54.7 Å². The first-order chi connectivity index (χ1) is 14.0. The van der Waals surface area contributed by atoms with Crippen LogP contribution in [0.1, 0.15) is 39.6 Å². The molecule has 0 aliphatic heterocycles. The number of ketones is 1. The fourth-order valence-electron chi connectivity index (χ4n) is 4.16. The van der Waals surface area contributed by atoms with Crippen LogP contribution < -0.4 is 0 Å². The van der Waals surface area contributed by atoms with Crippen molar-refractivity contribution in [2.75, 3.05) is 0 Å². The third-order valence-electron chi connectivity index (χ3n) is 5.54. The molecule has 0 saturated heterocycles. The van der Waals surface area contributed by atoms with Gasteiger partial charge < -0.3 is 0 Å². The molecule has 6 heteroatoms. The molecule has 0 unspecified atom stereocenters. The van der Waals surface area contributed by atoms with Crippen LogP contribution in [0.2, 0.25) is 5.02 Å². The summed E-state index contributed by atoms with van der Waals surface area (Å²) < 4.78 is 15.1. The average Bonchev–Trinajstić information content (AvgIpc) is 3.05. The standard InChI is InChI=1S/C23H17ClFN3O/c1-13-22(14-5-7-18(25)8-6-14)23-26-12-19-20(28(23)27-13)10-16(11-21(19)29)15-3-2-4-17(24)9-15/h2-9,12,16H,10-11H2,1H3/t16-/m1/s1. The summed E-state index contributed by atoms with van der Waals surface area (Å²) in [4.78, 5) is 17.4. The Morgan fingerprint density at radius 3 is 2.69 bits per heavy atom. The maximum atomic E-state index is 13.4. The molecule has 144 valence electrons. The van der Waals surface area contributed by atoms with E-state index in [1.807, 2.05) is 31.2 Å². The minimum atomic E-state index is -0.289. The van der Waals surface area contributed by atoms with Crippen LogP contribution >= 0.6 is 11.6 Å². The van der Waals surface area contributed by atoms with Gasteiger partial charge in [0.05, 0.1) is 17.0 Å². The zero-order valence-corrected chi connectivity index (χ0v) is 16.4. The lowest BCUT2D eigenvalue weighted by molar-refractivity contribution is 0.0962. The Balaban J connectivity index is 1.66. The summed E-state index contributed by atoms with van der Waals surface area (Å²) in [6, 6.07) is 14.0. The molecular formula is C23H17ClFN3O. The largest absolute Gasteiger partial charge is 0.294 e. The van der Waals surface area contributed by atoms with Gasteiger partial charge in [-0.1, -0.05) is 35.9 Å². The van der Waals surface area contributed by atoms with Gasteiger partial charge in [-0.2, -0.15) is 5.10 Å². The third-order valence-corrected chi connectivity index (χ3v) is 5.78. The Morgan fingerprint density at radius 2 is 1.93 bits per heavy atom. The van der Waals surface area contributed by atoms with Gasteiger partial charge in [0.2, 0.25) is 0 Å². The predicted molar refractivity (Wildman–Crippen MR) is 110 cm³/mol. The third kappa shape index (κ3) is 3.02. The summed E-state index contributed by atoms with van der Waals surface area (Å²) in [5.41, 5.74) is 5.67. The van der Waals surface area contributed by atoms with Crippen LogP contribution in [-0.4, -0.2) is 20.4 Å². The molecule has 5 rings (SSSR count). The summed E-state index contributed by atoms with van der Waals surface area (Å²) >= 11 is 6.16. The van der Waals surface area contributed by atoms with E-state index in [2.05, 4.69) is 10.1 Å². The van der Waals surface area contributed by atoms with Crippen LogP contribution in [0.15, 0.2) is 54.7 Å². The Hall–Kier alpha value is -3.05. The normalized spacial score (nSPS) is 16.2. The predicted octanol–water partition coefficient (Wildman–Crippen LogP) is 5.41. The van der Waals surface area contributed by atoms with E-state index in [0.29, 0.717) is 29.1 Å². The lowest BCUT2D eigenvalue weighted by Gasteiger charge is -2.24. The number of benzene rings is 2. The average molecular weight is 406 g/mol. The van der Waals surface area contributed by atoms with Crippen LogP contribution in [-0.2, 0) is 6.42 Å². The molecule has 0 saturated carbocycles. The molecule has 1 atom stereocenters. The molecule has 2 heterocycles. The number of halogens is 2. The molecule has 0 spiro atoms. The maximum absolute atomic E-state index is 13.4. The van der Waals surface area contributed by atoms with Gasteiger partial charge >= 0.3 is 0 Å². The van der Waals surface area contributed by atoms with Crippen molar-refractivity contribution < 1.29 is 9.18 Å². The monoisotopic (exact) mass is 405 g/mol. The van der Waals surface area contributed by atoms with E-state index in [1.54, 1.807) is 22.8 Å². The number of aryl methyl sites for hydroxylation is 1. The van der Waals surface area contributed by atoms with Gasteiger partial charge in [0.25, 0.3) is 0 Å². The number of hydrogen-bond acceptors (Lipinski definition) is 3. The van der Waals surface area contributed by atoms with Gasteiger partial charge in [0, 0.05) is 23.2 Å². The topological polar surface area (TPSA) is 47.3 Å². The number of fused-ring (bicyclic) bond motifs is 3. The summed E-state index contributed by atoms with van der Waals surface area (Å²) in [6.07, 6.45) is 2.74. The highest BCUT2D eigenvalue weighted by Gasteiger charge is 2.30. The number of Topliss-reactive ketones (excluding diaryl/α,β-unsaturated/α-hetero) is 1. The van der Waals surface area contributed by atoms with Crippen LogP contribution in [0.3, 0.4) is 0 Å². The van der Waals surface area contributed by atoms with Crippen molar-refractivity contribution in [3.8, 4) is 11.1 Å². The molecule has 0 bridgehead atoms. The number of carbonyl (C=O) groups is 1. The van der Waals surface area contributed by atoms with Crippen molar-refractivity contribution in [2.45, 2.75) is 25.7 Å². The second kappa shape index (κ2) is 6.78. The molecule has 4 aromatic rings. The number of aromatic nitrogens is 3. The van der Waals surface area contributed by atoms with E-state index in [0.717, 1.165) is 28.1 Å². The Bertz CT molecular complexity index is 1260. The lowest BCUT2D eigenvalue weighted by atomic mass is 9.82. The second-order valence-electron chi connectivity index (χ2n) is 7.40. The molecule has 2 aromatic heterocycles. The Morgan fingerprint density at radius 1 is 1.14 bits per heavy atom. The molecule has 1 aliphatic carbocycles. The second-order valence-corrected chi connectivity index (χ2v) is 7.84. The molecule has 4 nitrogen and oxygen atoms in total. The highest BCUT2D eigenvalue weighted by atomic mass is 35.5. The summed E-state index contributed by atoms with van der Waals surface area (Å²) in [5, 5.41) is 5.35. The zero-order chi connectivity index (χ0) is 20.1. The summed E-state index contributed by atoms with van der Waals surface area (Å²) in [5.74, 6) is -0.191. The van der Waals surface area contributed by atoms with E-state index < -0.39 is 0 Å². The van der Waals surface area contributed by atoms with Crippen molar-refractivity contribution in [3.05, 3.63) is 88.1 Å². The van der Waals surface area contributed by atoms with E-state index in [9.17, 15) is 9.18 Å².